The van der Waals surface area contributed by atoms with Crippen LogP contribution in [0, 0.1) is 23.8 Å². The van der Waals surface area contributed by atoms with Crippen LogP contribution in [0.5, 0.6) is 0 Å². The minimum atomic E-state index is -0.337. The number of ketones is 1. The summed E-state index contributed by atoms with van der Waals surface area (Å²) < 4.78 is 7.27. The van der Waals surface area contributed by atoms with Crippen molar-refractivity contribution in [3.8, 4) is 21.7 Å². The minimum absolute atomic E-state index is 0. The van der Waals surface area contributed by atoms with Gasteiger partial charge in [0.05, 0.1) is 0 Å². The fraction of sp³-hybridized carbons (Fsp3) is 0.378. The van der Waals surface area contributed by atoms with Crippen molar-refractivity contribution in [3.05, 3.63) is 102 Å². The molecule has 51 heavy (non-hydrogen) atoms. The van der Waals surface area contributed by atoms with Crippen LogP contribution in [0.2, 0.25) is 0 Å². The average Bonchev–Trinajstić information content (AvgIpc) is 3.73. The van der Waals surface area contributed by atoms with Gasteiger partial charge in [0.2, 0.25) is 0 Å². The van der Waals surface area contributed by atoms with Crippen LogP contribution >= 0.6 is 11.3 Å². The molecule has 0 aliphatic rings. The molecular formula is C45H52IrNO3S-. The minimum Gasteiger partial charge on any atom is -0.512 e. The number of carbonyl (C=O) groups is 1. The quantitative estimate of drug-likeness (QED) is 0.0893. The Balaban J connectivity index is 0.000000279. The SMILES string of the molecule is CCC(C)(CC)C(=O)/C=C(\O)C(C)(CC)CC.Cc1cc2cccc(-c3cc4c(-c5[c-]c6ccccc6c(C(C)(C)C)c5)nccc4s3)c2o1.[Ir]. The molecule has 0 atom stereocenters. The van der Waals surface area contributed by atoms with Gasteiger partial charge >= 0.3 is 0 Å². The van der Waals surface area contributed by atoms with Gasteiger partial charge < -0.3 is 9.52 Å². The van der Waals surface area contributed by atoms with E-state index in [1.165, 1.54) is 26.6 Å². The zero-order valence-electron chi connectivity index (χ0n) is 31.8. The van der Waals surface area contributed by atoms with Crippen molar-refractivity contribution in [1.82, 2.24) is 4.98 Å². The summed E-state index contributed by atoms with van der Waals surface area (Å²) in [5.41, 5.74) is 4.83. The van der Waals surface area contributed by atoms with Crippen LogP contribution < -0.4 is 0 Å². The number of hydrogen-bond donors (Lipinski definition) is 1. The number of fused-ring (bicyclic) bond motifs is 3. The third kappa shape index (κ3) is 8.25. The molecule has 3 heterocycles. The number of hydrogen-bond acceptors (Lipinski definition) is 5. The summed E-state index contributed by atoms with van der Waals surface area (Å²) in [6, 6.07) is 27.3. The maximum absolute atomic E-state index is 12.2. The van der Waals surface area contributed by atoms with Gasteiger partial charge in [-0.1, -0.05) is 104 Å². The van der Waals surface area contributed by atoms with Crippen molar-refractivity contribution in [2.45, 2.75) is 100 Å². The molecule has 0 aliphatic carbocycles. The van der Waals surface area contributed by atoms with E-state index < -0.39 is 0 Å². The predicted octanol–water partition coefficient (Wildman–Crippen LogP) is 13.6. The van der Waals surface area contributed by atoms with Crippen molar-refractivity contribution < 1.29 is 34.4 Å². The Kier molecular flexibility index (Phi) is 12.6. The molecule has 3 aromatic carbocycles. The Hall–Kier alpha value is -3.57. The van der Waals surface area contributed by atoms with Crippen LogP contribution in [0.15, 0.2) is 89.2 Å². The van der Waals surface area contributed by atoms with Crippen LogP contribution in [0.1, 0.15) is 99.3 Å². The molecule has 1 radical (unpaired) electrons. The molecule has 6 rings (SSSR count). The fourth-order valence-corrected chi connectivity index (χ4v) is 7.44. The molecule has 0 amide bonds. The molecule has 0 saturated heterocycles. The van der Waals surface area contributed by atoms with Crippen molar-refractivity contribution in [2.75, 3.05) is 0 Å². The summed E-state index contributed by atoms with van der Waals surface area (Å²) in [5.74, 6) is 1.22. The smallest absolute Gasteiger partial charge is 0.164 e. The van der Waals surface area contributed by atoms with Gasteiger partial charge in [-0.25, -0.2) is 0 Å². The molecule has 0 saturated carbocycles. The van der Waals surface area contributed by atoms with Crippen LogP contribution in [0.4, 0.5) is 0 Å². The number of aryl methyl sites for hydroxylation is 1. The number of thiophene rings is 1. The van der Waals surface area contributed by atoms with Gasteiger partial charge in [-0.05, 0) is 67.7 Å². The summed E-state index contributed by atoms with van der Waals surface area (Å²) in [5, 5.41) is 14.8. The number of pyridine rings is 1. The third-order valence-electron chi connectivity index (χ3n) is 10.8. The monoisotopic (exact) mass is 879 g/mol. The van der Waals surface area contributed by atoms with Crippen LogP contribution in [0.3, 0.4) is 0 Å². The molecule has 0 fully saturated rings. The molecule has 271 valence electrons. The third-order valence-corrected chi connectivity index (χ3v) is 12.0. The molecule has 0 bridgehead atoms. The van der Waals surface area contributed by atoms with E-state index in [0.717, 1.165) is 70.0 Å². The van der Waals surface area contributed by atoms with Crippen LogP contribution in [-0.2, 0) is 30.3 Å². The number of para-hydroxylation sites is 1. The number of carbonyl (C=O) groups excluding carboxylic acids is 1. The van der Waals surface area contributed by atoms with E-state index in [1.54, 1.807) is 11.3 Å². The Morgan fingerprint density at radius 1 is 0.863 bits per heavy atom. The number of aliphatic hydroxyl groups excluding tert-OH is 1. The zero-order chi connectivity index (χ0) is 36.4. The van der Waals surface area contributed by atoms with E-state index in [9.17, 15) is 9.90 Å². The Morgan fingerprint density at radius 3 is 2.18 bits per heavy atom. The van der Waals surface area contributed by atoms with Crippen LogP contribution in [0.25, 0.3) is 53.5 Å². The zero-order valence-corrected chi connectivity index (χ0v) is 35.0. The van der Waals surface area contributed by atoms with Crippen molar-refractivity contribution >= 4 is 48.9 Å². The number of furan rings is 1. The molecule has 0 spiro atoms. The summed E-state index contributed by atoms with van der Waals surface area (Å²) in [7, 11) is 0. The Morgan fingerprint density at radius 2 is 1.53 bits per heavy atom. The van der Waals surface area contributed by atoms with Crippen molar-refractivity contribution in [3.63, 3.8) is 0 Å². The molecule has 6 heteroatoms. The van der Waals surface area contributed by atoms with Gasteiger partial charge in [0, 0.05) is 69.4 Å². The maximum atomic E-state index is 12.2. The molecule has 6 aromatic rings. The molecule has 3 aromatic heterocycles. The molecule has 1 N–H and O–H groups in total. The van der Waals surface area contributed by atoms with Crippen molar-refractivity contribution in [1.29, 1.82) is 0 Å². The largest absolute Gasteiger partial charge is 0.512 e. The van der Waals surface area contributed by atoms with Gasteiger partial charge in [0.1, 0.15) is 17.1 Å². The number of aliphatic hydroxyl groups is 1. The van der Waals surface area contributed by atoms with Gasteiger partial charge in [-0.2, -0.15) is 0 Å². The Bertz CT molecular complexity index is 2170. The van der Waals surface area contributed by atoms with Crippen LogP contribution in [-0.4, -0.2) is 15.9 Å². The number of rotatable bonds is 9. The number of allylic oxidation sites excluding steroid dienone is 2. The molecule has 0 unspecified atom stereocenters. The number of nitrogens with zero attached hydrogens (tertiary/aromatic N) is 1. The first-order valence-corrected chi connectivity index (χ1v) is 18.8. The average molecular weight is 879 g/mol. The molecule has 0 aliphatic heterocycles. The predicted molar refractivity (Wildman–Crippen MR) is 213 cm³/mol. The van der Waals surface area contributed by atoms with Gasteiger partial charge in [-0.3, -0.25) is 9.78 Å². The topological polar surface area (TPSA) is 63.3 Å². The second-order valence-corrected chi connectivity index (χ2v) is 16.2. The first-order chi connectivity index (χ1) is 23.7. The normalized spacial score (nSPS) is 12.5. The van der Waals surface area contributed by atoms with E-state index in [1.807, 2.05) is 54.7 Å². The Labute approximate surface area is 321 Å². The van der Waals surface area contributed by atoms with E-state index in [4.69, 9.17) is 9.40 Å². The maximum Gasteiger partial charge on any atom is 0.164 e. The molecular weight excluding hydrogens is 827 g/mol. The van der Waals surface area contributed by atoms with E-state index in [2.05, 4.69) is 93.6 Å². The second-order valence-electron chi connectivity index (χ2n) is 15.1. The summed E-state index contributed by atoms with van der Waals surface area (Å²) in [4.78, 5) is 18.2. The standard InChI is InChI=1S/C30H24NOS.C15H28O2.Ir/c1-18-14-20-9-7-11-23(29(20)32-18)27-17-24-26(33-27)12-13-31-28(24)21-15-19-8-5-6-10-22(19)25(16-21)30(2,3)4;1-7-14(5,8-2)12(16)11-13(17)15(6,9-3)10-4;/h5-14,16-17H,1-4H3;11,16H,7-10H2,1-6H3;/q-1;;/b;12-11-;. The number of benzene rings is 3. The first-order valence-electron chi connectivity index (χ1n) is 18.0. The summed E-state index contributed by atoms with van der Waals surface area (Å²) in [6.07, 6.45) is 6.67. The van der Waals surface area contributed by atoms with E-state index in [0.29, 0.717) is 0 Å². The van der Waals surface area contributed by atoms with Gasteiger partial charge in [0.15, 0.2) is 5.78 Å². The van der Waals surface area contributed by atoms with E-state index in [-0.39, 0.29) is 47.9 Å². The van der Waals surface area contributed by atoms with Crippen molar-refractivity contribution in [2.24, 2.45) is 10.8 Å². The first kappa shape index (κ1) is 40.2. The van der Waals surface area contributed by atoms with Gasteiger partial charge in [0.25, 0.3) is 0 Å². The summed E-state index contributed by atoms with van der Waals surface area (Å²) >= 11 is 1.78. The second kappa shape index (κ2) is 16.0. The van der Waals surface area contributed by atoms with E-state index >= 15 is 0 Å². The van der Waals surface area contributed by atoms with Gasteiger partial charge in [-0.15, -0.1) is 40.5 Å². The number of aromatic nitrogens is 1. The fourth-order valence-electron chi connectivity index (χ4n) is 6.36. The summed E-state index contributed by atoms with van der Waals surface area (Å²) in [6.45, 7) is 20.9. The molecule has 4 nitrogen and oxygen atoms in total.